The lowest BCUT2D eigenvalue weighted by Gasteiger charge is -2.13. The maximum Gasteiger partial charge on any atom is 0.283 e. The molecule has 0 spiro atoms. The van der Waals surface area contributed by atoms with Gasteiger partial charge in [-0.3, -0.25) is 14.2 Å². The third kappa shape index (κ3) is 4.95. The maximum absolute atomic E-state index is 14.8. The summed E-state index contributed by atoms with van der Waals surface area (Å²) in [5.41, 5.74) is 2.12. The zero-order chi connectivity index (χ0) is 26.6. The first-order valence-electron chi connectivity index (χ1n) is 11.9. The smallest absolute Gasteiger partial charge is 0.283 e. The number of carbonyl (C=O) groups is 1. The molecule has 2 heterocycles. The maximum atomic E-state index is 14.8. The Morgan fingerprint density at radius 2 is 1.82 bits per heavy atom. The van der Waals surface area contributed by atoms with Gasteiger partial charge < -0.3 is 19.8 Å². The molecule has 3 aromatic carbocycles. The molecule has 0 saturated heterocycles. The number of nitrogens with one attached hydrogen (secondary N) is 2. The van der Waals surface area contributed by atoms with Crippen LogP contribution in [0, 0.1) is 5.82 Å². The number of rotatable bonds is 9. The molecule has 5 rings (SSSR count). The van der Waals surface area contributed by atoms with Crippen LogP contribution < -0.4 is 20.3 Å². The Bertz CT molecular complexity index is 1700. The SMILES string of the molecule is COc1ccc(CCNC(=O)CSc2nc3c([nH]c4ccccc43)c(=O)n2-c2ccccc2F)cc1OC. The fourth-order valence-electron chi connectivity index (χ4n) is 4.25. The minimum absolute atomic E-state index is 0.000683. The second-order valence-electron chi connectivity index (χ2n) is 8.46. The fraction of sp³-hybridized carbons (Fsp3) is 0.179. The molecule has 5 aromatic rings. The summed E-state index contributed by atoms with van der Waals surface area (Å²) in [5.74, 6) is 0.464. The minimum Gasteiger partial charge on any atom is -0.493 e. The minimum atomic E-state index is -0.562. The van der Waals surface area contributed by atoms with Gasteiger partial charge in [0.15, 0.2) is 16.7 Å². The molecule has 0 radical (unpaired) electrons. The number of para-hydroxylation sites is 2. The van der Waals surface area contributed by atoms with E-state index >= 15 is 0 Å². The van der Waals surface area contributed by atoms with Crippen molar-refractivity contribution >= 4 is 39.6 Å². The summed E-state index contributed by atoms with van der Waals surface area (Å²) >= 11 is 1.08. The molecule has 0 aliphatic carbocycles. The highest BCUT2D eigenvalue weighted by Crippen LogP contribution is 2.28. The first-order chi connectivity index (χ1) is 18.5. The number of nitrogens with zero attached hydrogens (tertiary/aromatic N) is 2. The Balaban J connectivity index is 1.37. The van der Waals surface area contributed by atoms with Crippen LogP contribution in [0.25, 0.3) is 27.6 Å². The Morgan fingerprint density at radius 3 is 2.61 bits per heavy atom. The van der Waals surface area contributed by atoms with Crippen molar-refractivity contribution in [2.45, 2.75) is 11.6 Å². The average molecular weight is 533 g/mol. The number of hydrogen-bond acceptors (Lipinski definition) is 6. The van der Waals surface area contributed by atoms with Gasteiger partial charge >= 0.3 is 0 Å². The first-order valence-corrected chi connectivity index (χ1v) is 12.9. The van der Waals surface area contributed by atoms with Crippen LogP contribution in [0.3, 0.4) is 0 Å². The third-order valence-corrected chi connectivity index (χ3v) is 7.04. The standard InChI is InChI=1S/C28H25FN4O4S/c1-36-22-12-11-17(15-23(22)37-2)13-14-30-24(34)16-38-28-32-25-18-7-3-5-9-20(18)31-26(25)27(35)33(28)21-10-6-4-8-19(21)29/h3-12,15,31H,13-14,16H2,1-2H3,(H,30,34). The first kappa shape index (κ1) is 25.3. The number of hydrogen-bond donors (Lipinski definition) is 2. The van der Waals surface area contributed by atoms with E-state index < -0.39 is 11.4 Å². The number of ether oxygens (including phenoxy) is 2. The van der Waals surface area contributed by atoms with Crippen molar-refractivity contribution in [1.29, 1.82) is 0 Å². The van der Waals surface area contributed by atoms with Crippen LogP contribution in [0.15, 0.2) is 76.7 Å². The quantitative estimate of drug-likeness (QED) is 0.215. The molecule has 0 saturated carbocycles. The van der Waals surface area contributed by atoms with Crippen molar-refractivity contribution < 1.29 is 18.7 Å². The number of benzene rings is 3. The number of carbonyl (C=O) groups excluding carboxylic acids is 1. The number of aromatic amines is 1. The number of aromatic nitrogens is 3. The summed E-state index contributed by atoms with van der Waals surface area (Å²) in [6, 6.07) is 19.0. The highest BCUT2D eigenvalue weighted by Gasteiger charge is 2.19. The van der Waals surface area contributed by atoms with Gasteiger partial charge in [-0.05, 0) is 42.3 Å². The molecule has 0 aliphatic heterocycles. The average Bonchev–Trinajstić information content (AvgIpc) is 3.31. The molecule has 1 amide bonds. The molecule has 0 unspecified atom stereocenters. The van der Waals surface area contributed by atoms with E-state index in [9.17, 15) is 14.0 Å². The fourth-order valence-corrected chi connectivity index (χ4v) is 5.08. The Labute approximate surface area is 221 Å². The lowest BCUT2D eigenvalue weighted by molar-refractivity contribution is -0.118. The van der Waals surface area contributed by atoms with E-state index in [0.717, 1.165) is 28.2 Å². The van der Waals surface area contributed by atoms with E-state index in [-0.39, 0.29) is 28.0 Å². The van der Waals surface area contributed by atoms with Crippen molar-refractivity contribution in [3.63, 3.8) is 0 Å². The molecule has 0 bridgehead atoms. The van der Waals surface area contributed by atoms with Crippen LogP contribution >= 0.6 is 11.8 Å². The predicted octanol–water partition coefficient (Wildman–Crippen LogP) is 4.47. The van der Waals surface area contributed by atoms with Crippen LogP contribution in [-0.4, -0.2) is 47.0 Å². The zero-order valence-corrected chi connectivity index (χ0v) is 21.6. The monoisotopic (exact) mass is 532 g/mol. The van der Waals surface area contributed by atoms with Crippen LogP contribution in [0.4, 0.5) is 4.39 Å². The predicted molar refractivity (Wildman–Crippen MR) is 146 cm³/mol. The summed E-state index contributed by atoms with van der Waals surface area (Å²) < 4.78 is 26.6. The van der Waals surface area contributed by atoms with E-state index in [1.807, 2.05) is 42.5 Å². The molecule has 0 aliphatic rings. The van der Waals surface area contributed by atoms with Gasteiger partial charge in [0, 0.05) is 17.4 Å². The van der Waals surface area contributed by atoms with Crippen molar-refractivity contribution in [3.05, 3.63) is 88.5 Å². The number of fused-ring (bicyclic) bond motifs is 3. The second-order valence-corrected chi connectivity index (χ2v) is 9.40. The Hall–Kier alpha value is -4.31. The third-order valence-electron chi connectivity index (χ3n) is 6.10. The van der Waals surface area contributed by atoms with Gasteiger partial charge in [-0.2, -0.15) is 0 Å². The number of H-pyrrole nitrogens is 1. The normalized spacial score (nSPS) is 11.1. The van der Waals surface area contributed by atoms with Crippen molar-refractivity contribution in [1.82, 2.24) is 19.9 Å². The van der Waals surface area contributed by atoms with Gasteiger partial charge in [-0.15, -0.1) is 0 Å². The van der Waals surface area contributed by atoms with Crippen molar-refractivity contribution in [3.8, 4) is 17.2 Å². The number of halogens is 1. The van der Waals surface area contributed by atoms with Crippen molar-refractivity contribution in [2.24, 2.45) is 0 Å². The number of methoxy groups -OCH3 is 2. The van der Waals surface area contributed by atoms with Crippen LogP contribution in [-0.2, 0) is 11.2 Å². The van der Waals surface area contributed by atoms with E-state index in [1.165, 1.54) is 16.7 Å². The summed E-state index contributed by atoms with van der Waals surface area (Å²) in [4.78, 5) is 34.0. The molecule has 0 atom stereocenters. The van der Waals surface area contributed by atoms with Gasteiger partial charge in [0.1, 0.15) is 16.9 Å². The van der Waals surface area contributed by atoms with Crippen LogP contribution in [0.1, 0.15) is 5.56 Å². The molecule has 2 N–H and O–H groups in total. The highest BCUT2D eigenvalue weighted by molar-refractivity contribution is 7.99. The molecular weight excluding hydrogens is 507 g/mol. The molecule has 38 heavy (non-hydrogen) atoms. The highest BCUT2D eigenvalue weighted by atomic mass is 32.2. The van der Waals surface area contributed by atoms with E-state index in [0.29, 0.717) is 30.0 Å². The van der Waals surface area contributed by atoms with E-state index in [4.69, 9.17) is 14.5 Å². The summed E-state index contributed by atoms with van der Waals surface area (Å²) in [7, 11) is 3.15. The molecule has 0 fully saturated rings. The lowest BCUT2D eigenvalue weighted by atomic mass is 10.1. The van der Waals surface area contributed by atoms with Crippen molar-refractivity contribution in [2.75, 3.05) is 26.5 Å². The van der Waals surface area contributed by atoms with E-state index in [1.54, 1.807) is 26.4 Å². The van der Waals surface area contributed by atoms with Gasteiger partial charge in [-0.25, -0.2) is 9.37 Å². The topological polar surface area (TPSA) is 98.2 Å². The zero-order valence-electron chi connectivity index (χ0n) is 20.8. The van der Waals surface area contributed by atoms with Gasteiger partial charge in [0.2, 0.25) is 5.91 Å². The summed E-state index contributed by atoms with van der Waals surface area (Å²) in [6.07, 6.45) is 0.593. The van der Waals surface area contributed by atoms with Crippen LogP contribution in [0.2, 0.25) is 0 Å². The summed E-state index contributed by atoms with van der Waals surface area (Å²) in [6.45, 7) is 0.407. The Morgan fingerprint density at radius 1 is 1.05 bits per heavy atom. The molecule has 10 heteroatoms. The number of thioether (sulfide) groups is 1. The van der Waals surface area contributed by atoms with Gasteiger partial charge in [-0.1, -0.05) is 48.2 Å². The van der Waals surface area contributed by atoms with Gasteiger partial charge in [0.05, 0.1) is 25.7 Å². The lowest BCUT2D eigenvalue weighted by Crippen LogP contribution is -2.28. The second kappa shape index (κ2) is 11.0. The number of amides is 1. The van der Waals surface area contributed by atoms with Crippen LogP contribution in [0.5, 0.6) is 11.5 Å². The Kier molecular flexibility index (Phi) is 7.32. The molecule has 8 nitrogen and oxygen atoms in total. The molecule has 194 valence electrons. The van der Waals surface area contributed by atoms with E-state index in [2.05, 4.69) is 10.3 Å². The van der Waals surface area contributed by atoms with Gasteiger partial charge in [0.25, 0.3) is 5.56 Å². The molecular formula is C28H25FN4O4S. The summed E-state index contributed by atoms with van der Waals surface area (Å²) in [5, 5.41) is 3.90. The largest absolute Gasteiger partial charge is 0.493 e. The molecule has 2 aromatic heterocycles.